The summed E-state index contributed by atoms with van der Waals surface area (Å²) >= 11 is 0. The molecule has 0 atom stereocenters. The first kappa shape index (κ1) is 11.3. The fourth-order valence-corrected chi connectivity index (χ4v) is 1.75. The molecule has 0 unspecified atom stereocenters. The van der Waals surface area contributed by atoms with Crippen LogP contribution in [0.4, 0.5) is 10.1 Å². The summed E-state index contributed by atoms with van der Waals surface area (Å²) in [7, 11) is 0. The number of rotatable bonds is 2. The van der Waals surface area contributed by atoms with Crippen LogP contribution in [-0.2, 0) is 0 Å². The van der Waals surface area contributed by atoms with Crippen molar-refractivity contribution >= 4 is 22.5 Å². The molecule has 2 aromatic heterocycles. The molecule has 2 heterocycles. The molecule has 1 amide bonds. The molecule has 1 aromatic carbocycles. The molecule has 0 aliphatic rings. The Labute approximate surface area is 107 Å². The van der Waals surface area contributed by atoms with Crippen LogP contribution < -0.4 is 5.32 Å². The lowest BCUT2D eigenvalue weighted by molar-refractivity contribution is 0.102. The number of halogens is 1. The summed E-state index contributed by atoms with van der Waals surface area (Å²) < 4.78 is 13.4. The molecule has 19 heavy (non-hydrogen) atoms. The maximum atomic E-state index is 13.4. The van der Waals surface area contributed by atoms with Crippen LogP contribution >= 0.6 is 0 Å². The van der Waals surface area contributed by atoms with Gasteiger partial charge >= 0.3 is 0 Å². The van der Waals surface area contributed by atoms with Gasteiger partial charge in [0.25, 0.3) is 5.91 Å². The van der Waals surface area contributed by atoms with Crippen LogP contribution in [0.3, 0.4) is 0 Å². The van der Waals surface area contributed by atoms with Gasteiger partial charge in [0.2, 0.25) is 0 Å². The number of carbonyl (C=O) groups is 1. The van der Waals surface area contributed by atoms with E-state index in [1.807, 2.05) is 0 Å². The zero-order valence-corrected chi connectivity index (χ0v) is 9.72. The predicted molar refractivity (Wildman–Crippen MR) is 68.2 cm³/mol. The fourth-order valence-electron chi connectivity index (χ4n) is 1.75. The third-order valence-corrected chi connectivity index (χ3v) is 2.72. The van der Waals surface area contributed by atoms with Crippen LogP contribution in [0, 0.1) is 5.82 Å². The van der Waals surface area contributed by atoms with E-state index < -0.39 is 5.82 Å². The van der Waals surface area contributed by atoms with E-state index in [4.69, 9.17) is 0 Å². The Balaban J connectivity index is 1.89. The Bertz CT molecular complexity index is 753. The van der Waals surface area contributed by atoms with Crippen molar-refractivity contribution < 1.29 is 9.18 Å². The highest BCUT2D eigenvalue weighted by Crippen LogP contribution is 2.16. The van der Waals surface area contributed by atoms with E-state index in [2.05, 4.69) is 20.5 Å². The molecule has 0 saturated carbocycles. The van der Waals surface area contributed by atoms with Crippen molar-refractivity contribution in [2.75, 3.05) is 5.32 Å². The lowest BCUT2D eigenvalue weighted by Gasteiger charge is -2.05. The molecule has 2 N–H and O–H groups in total. The van der Waals surface area contributed by atoms with Crippen LogP contribution in [-0.4, -0.2) is 21.1 Å². The number of aromatic nitrogens is 3. The molecule has 94 valence electrons. The molecule has 0 radical (unpaired) electrons. The first-order chi connectivity index (χ1) is 9.24. The summed E-state index contributed by atoms with van der Waals surface area (Å²) in [6.07, 6.45) is 4.13. The number of amides is 1. The second kappa shape index (κ2) is 4.49. The second-order valence-electron chi connectivity index (χ2n) is 3.98. The molecule has 0 saturated heterocycles. The van der Waals surface area contributed by atoms with Crippen molar-refractivity contribution in [2.24, 2.45) is 0 Å². The minimum absolute atomic E-state index is 0.102. The van der Waals surface area contributed by atoms with Crippen molar-refractivity contribution in [2.45, 2.75) is 0 Å². The van der Waals surface area contributed by atoms with Crippen molar-refractivity contribution in [1.82, 2.24) is 15.2 Å². The zero-order valence-electron chi connectivity index (χ0n) is 9.72. The third-order valence-electron chi connectivity index (χ3n) is 2.72. The van der Waals surface area contributed by atoms with Crippen molar-refractivity contribution in [3.8, 4) is 0 Å². The molecule has 3 aromatic rings. The second-order valence-corrected chi connectivity index (χ2v) is 3.98. The summed E-state index contributed by atoms with van der Waals surface area (Å²) in [5.74, 6) is -0.958. The van der Waals surface area contributed by atoms with E-state index in [1.54, 1.807) is 24.4 Å². The lowest BCUT2D eigenvalue weighted by atomic mass is 10.1. The smallest absolute Gasteiger partial charge is 0.255 e. The highest BCUT2D eigenvalue weighted by molar-refractivity contribution is 6.06. The van der Waals surface area contributed by atoms with Gasteiger partial charge in [0.15, 0.2) is 5.82 Å². The maximum Gasteiger partial charge on any atom is 0.255 e. The number of H-pyrrole nitrogens is 1. The van der Waals surface area contributed by atoms with Crippen LogP contribution in [0.5, 0.6) is 0 Å². The first-order valence-corrected chi connectivity index (χ1v) is 5.58. The Kier molecular flexibility index (Phi) is 2.68. The number of nitrogens with one attached hydrogen (secondary N) is 2. The van der Waals surface area contributed by atoms with E-state index in [-0.39, 0.29) is 11.6 Å². The van der Waals surface area contributed by atoms with E-state index >= 15 is 0 Å². The molecular weight excluding hydrogens is 247 g/mol. The molecule has 0 aliphatic carbocycles. The predicted octanol–water partition coefficient (Wildman–Crippen LogP) is 2.35. The minimum atomic E-state index is -0.571. The number of hydrogen-bond acceptors (Lipinski definition) is 3. The van der Waals surface area contributed by atoms with Crippen molar-refractivity contribution in [3.05, 3.63) is 54.2 Å². The van der Waals surface area contributed by atoms with Crippen LogP contribution in [0.15, 0.2) is 42.9 Å². The molecule has 6 heteroatoms. The van der Waals surface area contributed by atoms with Gasteiger partial charge in [0, 0.05) is 17.1 Å². The van der Waals surface area contributed by atoms with Gasteiger partial charge < -0.3 is 5.32 Å². The lowest BCUT2D eigenvalue weighted by Crippen LogP contribution is -2.13. The summed E-state index contributed by atoms with van der Waals surface area (Å²) in [5.41, 5.74) is 1.28. The summed E-state index contributed by atoms with van der Waals surface area (Å²) in [6.45, 7) is 0. The van der Waals surface area contributed by atoms with Crippen LogP contribution in [0.2, 0.25) is 0 Å². The van der Waals surface area contributed by atoms with Gasteiger partial charge in [-0.3, -0.25) is 14.9 Å². The summed E-state index contributed by atoms with van der Waals surface area (Å²) in [5, 5.41) is 10.1. The van der Waals surface area contributed by atoms with Crippen molar-refractivity contribution in [1.29, 1.82) is 0 Å². The number of pyridine rings is 1. The molecule has 5 nitrogen and oxygen atoms in total. The number of benzene rings is 1. The average molecular weight is 256 g/mol. The first-order valence-electron chi connectivity index (χ1n) is 5.58. The zero-order chi connectivity index (χ0) is 13.2. The average Bonchev–Trinajstić information content (AvgIpc) is 2.88. The van der Waals surface area contributed by atoms with Gasteiger partial charge in [-0.15, -0.1) is 0 Å². The highest BCUT2D eigenvalue weighted by atomic mass is 19.1. The number of hydrogen-bond donors (Lipinski definition) is 2. The molecule has 0 spiro atoms. The fraction of sp³-hybridized carbons (Fsp3) is 0. The maximum absolute atomic E-state index is 13.4. The number of nitrogens with zero attached hydrogens (tertiary/aromatic N) is 2. The van der Waals surface area contributed by atoms with E-state index in [1.165, 1.54) is 12.3 Å². The summed E-state index contributed by atoms with van der Waals surface area (Å²) in [6, 6.07) is 6.50. The SMILES string of the molecule is O=C(Nc1ccncc1F)c1ccc2cn[nH]c2c1. The highest BCUT2D eigenvalue weighted by Gasteiger charge is 2.10. The molecule has 0 fully saturated rings. The van der Waals surface area contributed by atoms with Crippen LogP contribution in [0.1, 0.15) is 10.4 Å². The Morgan fingerprint density at radius 1 is 1.26 bits per heavy atom. The Morgan fingerprint density at radius 2 is 2.16 bits per heavy atom. The van der Waals surface area contributed by atoms with Gasteiger partial charge in [-0.25, -0.2) is 4.39 Å². The van der Waals surface area contributed by atoms with Gasteiger partial charge in [0.05, 0.1) is 23.6 Å². The normalized spacial score (nSPS) is 10.6. The van der Waals surface area contributed by atoms with Crippen molar-refractivity contribution in [3.63, 3.8) is 0 Å². The number of fused-ring (bicyclic) bond motifs is 1. The molecule has 0 bridgehead atoms. The molecule has 0 aliphatic heterocycles. The standard InChI is InChI=1S/C13H9FN4O/c14-10-7-15-4-3-11(10)17-13(19)8-1-2-9-6-16-18-12(9)5-8/h1-7H,(H,16,18)(H,15,17,19). The van der Waals surface area contributed by atoms with Gasteiger partial charge in [0.1, 0.15) is 0 Å². The largest absolute Gasteiger partial charge is 0.319 e. The quantitative estimate of drug-likeness (QED) is 0.739. The van der Waals surface area contributed by atoms with E-state index in [0.717, 1.165) is 17.1 Å². The van der Waals surface area contributed by atoms with Gasteiger partial charge in [-0.1, -0.05) is 6.07 Å². The topological polar surface area (TPSA) is 70.7 Å². The number of aromatic amines is 1. The Hall–Kier alpha value is -2.76. The van der Waals surface area contributed by atoms with Crippen LogP contribution in [0.25, 0.3) is 10.9 Å². The van der Waals surface area contributed by atoms with Gasteiger partial charge in [-0.05, 0) is 18.2 Å². The molecular formula is C13H9FN4O. The monoisotopic (exact) mass is 256 g/mol. The van der Waals surface area contributed by atoms with E-state index in [0.29, 0.717) is 5.56 Å². The van der Waals surface area contributed by atoms with Gasteiger partial charge in [-0.2, -0.15) is 5.10 Å². The Morgan fingerprint density at radius 3 is 3.00 bits per heavy atom. The molecule has 3 rings (SSSR count). The van der Waals surface area contributed by atoms with E-state index in [9.17, 15) is 9.18 Å². The minimum Gasteiger partial charge on any atom is -0.319 e. The number of carbonyl (C=O) groups excluding carboxylic acids is 1. The third kappa shape index (κ3) is 2.15. The number of anilines is 1. The summed E-state index contributed by atoms with van der Waals surface area (Å²) in [4.78, 5) is 15.6.